The van der Waals surface area contributed by atoms with E-state index in [-0.39, 0.29) is 41.8 Å². The maximum absolute atomic E-state index is 13.6. The number of carbonyl (C=O) groups excluding carboxylic acids is 2. The van der Waals surface area contributed by atoms with Crippen molar-refractivity contribution in [1.29, 1.82) is 0 Å². The topological polar surface area (TPSA) is 176 Å². The number of morpholine rings is 1. The van der Waals surface area contributed by atoms with Gasteiger partial charge in [-0.05, 0) is 65.2 Å². The van der Waals surface area contributed by atoms with Gasteiger partial charge < -0.3 is 50.3 Å². The van der Waals surface area contributed by atoms with Crippen molar-refractivity contribution in [2.45, 2.75) is 67.5 Å². The Hall–Kier alpha value is -3.86. The van der Waals surface area contributed by atoms with Gasteiger partial charge in [0.1, 0.15) is 43.0 Å². The second-order valence-corrected chi connectivity index (χ2v) is 16.0. The van der Waals surface area contributed by atoms with Crippen LogP contribution in [0.3, 0.4) is 0 Å². The number of carbonyl (C=O) groups is 2. The normalized spacial score (nSPS) is 25.9. The summed E-state index contributed by atoms with van der Waals surface area (Å²) < 4.78 is 12.8. The lowest BCUT2D eigenvalue weighted by Gasteiger charge is -2.49. The van der Waals surface area contributed by atoms with E-state index in [4.69, 9.17) is 9.47 Å². The Balaban J connectivity index is 0.869. The van der Waals surface area contributed by atoms with Gasteiger partial charge >= 0.3 is 5.97 Å². The summed E-state index contributed by atoms with van der Waals surface area (Å²) in [5.74, 6) is -0.962. The molecular weight excluding hydrogens is 705 g/mol. The maximum Gasteiger partial charge on any atom is 0.349 e. The first kappa shape index (κ1) is 36.5. The Morgan fingerprint density at radius 2 is 1.71 bits per heavy atom. The summed E-state index contributed by atoms with van der Waals surface area (Å²) in [7, 11) is 2.17. The van der Waals surface area contributed by atoms with Crippen LogP contribution < -0.4 is 21.1 Å². The molecule has 3 saturated heterocycles. The molecule has 2 aromatic carbocycles. The lowest BCUT2D eigenvalue weighted by atomic mass is 9.94. The highest BCUT2D eigenvalue weighted by Gasteiger charge is 2.72. The molecule has 0 radical (unpaired) electrons. The zero-order valence-corrected chi connectivity index (χ0v) is 30.4. The minimum atomic E-state index is -1.84. The minimum absolute atomic E-state index is 0.0807. The fourth-order valence-corrected chi connectivity index (χ4v) is 9.73. The Labute approximate surface area is 310 Å². The second-order valence-electron chi connectivity index (χ2n) is 14.1. The number of amides is 1. The number of nitrogens with zero attached hydrogens (tertiary/aromatic N) is 1. The minimum Gasteiger partial charge on any atom is -0.871 e. The number of epoxide rings is 1. The highest BCUT2D eigenvalue weighted by molar-refractivity contribution is 7.12. The van der Waals surface area contributed by atoms with Crippen LogP contribution in [0, 0.1) is 0 Å². The second kappa shape index (κ2) is 15.2. The van der Waals surface area contributed by atoms with Crippen molar-refractivity contribution in [3.05, 3.63) is 98.4 Å². The van der Waals surface area contributed by atoms with Crippen LogP contribution in [0.1, 0.15) is 39.8 Å². The number of ether oxygens (including phenoxy) is 2. The number of quaternary nitrogens is 1. The Morgan fingerprint density at radius 3 is 2.33 bits per heavy atom. The van der Waals surface area contributed by atoms with Crippen molar-refractivity contribution < 1.29 is 44.0 Å². The van der Waals surface area contributed by atoms with Crippen LogP contribution in [0.25, 0.3) is 0 Å². The molecule has 6 N–H and O–H groups in total. The van der Waals surface area contributed by atoms with Gasteiger partial charge in [0.25, 0.3) is 0 Å². The van der Waals surface area contributed by atoms with Gasteiger partial charge in [0, 0.05) is 37.3 Å². The third-order valence-electron chi connectivity index (χ3n) is 10.8. The Morgan fingerprint density at radius 1 is 1.04 bits per heavy atom. The number of likely N-dealkylation sites (N-methyl/N-ethyl adjacent to an activating group) is 1. The number of aliphatic hydroxyl groups excluding tert-OH is 2. The number of piperidine rings is 1. The summed E-state index contributed by atoms with van der Waals surface area (Å²) in [6.07, 6.45) is 0.779. The zero-order valence-electron chi connectivity index (χ0n) is 28.7. The predicted molar refractivity (Wildman–Crippen MR) is 196 cm³/mol. The third kappa shape index (κ3) is 7.34. The van der Waals surface area contributed by atoms with E-state index in [9.17, 15) is 30.0 Å². The van der Waals surface area contributed by atoms with Crippen molar-refractivity contribution in [1.82, 2.24) is 5.32 Å². The zero-order chi connectivity index (χ0) is 36.5. The summed E-state index contributed by atoms with van der Waals surface area (Å²) in [5, 5.41) is 57.8. The largest absolute Gasteiger partial charge is 0.871 e. The molecule has 52 heavy (non-hydrogen) atoms. The first-order chi connectivity index (χ1) is 25.1. The van der Waals surface area contributed by atoms with Gasteiger partial charge in [-0.25, -0.2) is 4.79 Å². The lowest BCUT2D eigenvalue weighted by Crippen LogP contribution is -2.65. The van der Waals surface area contributed by atoms with Gasteiger partial charge in [0.05, 0.1) is 22.9 Å². The molecule has 6 atom stereocenters. The number of esters is 1. The van der Waals surface area contributed by atoms with Crippen LogP contribution >= 0.6 is 22.7 Å². The van der Waals surface area contributed by atoms with E-state index in [1.165, 1.54) is 34.8 Å². The molecule has 3 aliphatic rings. The van der Waals surface area contributed by atoms with Gasteiger partial charge in [0.2, 0.25) is 12.0 Å². The van der Waals surface area contributed by atoms with Gasteiger partial charge in [-0.2, -0.15) is 0 Å². The number of fused-ring (bicyclic) bond motifs is 5. The molecule has 2 bridgehead atoms. The number of benzene rings is 2. The standard InChI is InChI=1S/C38H44N4O8S2/c1-42(29-17-27(18-30(42)36-35(29)50-36)49-37(47)38(48,33-4-2-14-51-33)34-5-3-15-52-34)21-26(44)19-40-25-9-6-23(7-10-25)12-13-39-20-32(46)24-8-11-31(45)28(16-24)41-22-43/h2-11,14-16,22,26-27,29-30,32,35-36,39-40,44,46,48H,12-13,17-21H2,1H3,(H-,41,43,45)/t26?,27?,29?,30?,32-,35?,36?,42?/m0/s1. The quantitative estimate of drug-likeness (QED) is 0.0310. The van der Waals surface area contributed by atoms with E-state index in [2.05, 4.69) is 23.0 Å². The monoisotopic (exact) mass is 748 g/mol. The number of hydrogen-bond acceptors (Lipinski definition) is 12. The lowest BCUT2D eigenvalue weighted by molar-refractivity contribution is -0.958. The van der Waals surface area contributed by atoms with Gasteiger partial charge in [0.15, 0.2) is 0 Å². The highest BCUT2D eigenvalue weighted by Crippen LogP contribution is 2.53. The van der Waals surface area contributed by atoms with Crippen molar-refractivity contribution in [3.8, 4) is 5.75 Å². The number of hydrogen-bond donors (Lipinski definition) is 6. The molecule has 276 valence electrons. The van der Waals surface area contributed by atoms with E-state index >= 15 is 0 Å². The van der Waals surface area contributed by atoms with E-state index in [0.29, 0.717) is 65.2 Å². The fraction of sp³-hybridized carbons (Fsp3) is 0.421. The molecule has 3 aliphatic heterocycles. The number of anilines is 2. The third-order valence-corrected chi connectivity index (χ3v) is 12.8. The van der Waals surface area contributed by atoms with Crippen LogP contribution in [0.2, 0.25) is 0 Å². The van der Waals surface area contributed by atoms with Crippen LogP contribution in [0.4, 0.5) is 11.4 Å². The molecule has 5 unspecified atom stereocenters. The van der Waals surface area contributed by atoms with Crippen LogP contribution in [-0.4, -0.2) is 102 Å². The predicted octanol–water partition coefficient (Wildman–Crippen LogP) is 2.70. The first-order valence-corrected chi connectivity index (χ1v) is 19.3. The smallest absolute Gasteiger partial charge is 0.349 e. The summed E-state index contributed by atoms with van der Waals surface area (Å²) in [4.78, 5) is 25.4. The molecule has 7 rings (SSSR count). The van der Waals surface area contributed by atoms with E-state index in [1.807, 2.05) is 47.2 Å². The molecule has 12 nitrogen and oxygen atoms in total. The fourth-order valence-electron chi connectivity index (χ4n) is 8.02. The van der Waals surface area contributed by atoms with Crippen molar-refractivity contribution in [2.75, 3.05) is 43.9 Å². The van der Waals surface area contributed by atoms with E-state index in [1.54, 1.807) is 18.2 Å². The number of nitrogens with one attached hydrogen (secondary N) is 3. The van der Waals surface area contributed by atoms with Crippen molar-refractivity contribution in [2.24, 2.45) is 0 Å². The molecule has 2 aromatic heterocycles. The molecule has 1 amide bonds. The molecule has 3 fully saturated rings. The van der Waals surface area contributed by atoms with Gasteiger partial charge in [-0.1, -0.05) is 42.1 Å². The summed E-state index contributed by atoms with van der Waals surface area (Å²) in [5.41, 5.74) is 0.856. The van der Waals surface area contributed by atoms with Gasteiger partial charge in [-0.3, -0.25) is 4.79 Å². The summed E-state index contributed by atoms with van der Waals surface area (Å²) >= 11 is 2.66. The van der Waals surface area contributed by atoms with E-state index < -0.39 is 23.8 Å². The average Bonchev–Trinajstić information content (AvgIpc) is 3.43. The summed E-state index contributed by atoms with van der Waals surface area (Å²) in [6, 6.07) is 19.7. The van der Waals surface area contributed by atoms with Crippen molar-refractivity contribution in [3.63, 3.8) is 0 Å². The van der Waals surface area contributed by atoms with Crippen molar-refractivity contribution >= 4 is 46.4 Å². The van der Waals surface area contributed by atoms with E-state index in [0.717, 1.165) is 17.7 Å². The molecular formula is C38H44N4O8S2. The number of thiophene rings is 2. The van der Waals surface area contributed by atoms with Crippen LogP contribution in [0.15, 0.2) is 77.5 Å². The van der Waals surface area contributed by atoms with Gasteiger partial charge in [-0.15, -0.1) is 22.7 Å². The summed E-state index contributed by atoms with van der Waals surface area (Å²) in [6.45, 7) is 1.85. The average molecular weight is 749 g/mol. The molecule has 0 saturated carbocycles. The molecule has 14 heteroatoms. The molecule has 5 heterocycles. The number of aliphatic hydroxyl groups is 3. The Kier molecular flexibility index (Phi) is 10.7. The highest BCUT2D eigenvalue weighted by atomic mass is 32.1. The Bertz CT molecular complexity index is 1770. The SMILES string of the molecule is C[N+]1(CC(O)CNc2ccc(CCNC[C@H](O)c3ccc([O-])c(NC=O)c3)cc2)C2CC(OC(=O)C(O)(c3cccs3)c3cccs3)CC1C1OC12. The van der Waals surface area contributed by atoms with Crippen LogP contribution in [-0.2, 0) is 31.1 Å². The molecule has 4 aromatic rings. The molecule has 0 spiro atoms. The number of rotatable bonds is 17. The molecule has 0 aliphatic carbocycles. The van der Waals surface area contributed by atoms with Crippen LogP contribution in [0.5, 0.6) is 5.75 Å². The maximum atomic E-state index is 13.6. The first-order valence-electron chi connectivity index (χ1n) is 17.5.